The summed E-state index contributed by atoms with van der Waals surface area (Å²) in [5.74, 6) is -5.40. The van der Waals surface area contributed by atoms with Crippen molar-refractivity contribution >= 4 is 40.6 Å². The second-order valence-corrected chi connectivity index (χ2v) is 12.0. The van der Waals surface area contributed by atoms with Crippen molar-refractivity contribution in [1.82, 2.24) is 31.4 Å². The molecule has 0 radical (unpaired) electrons. The number of benzene rings is 1. The van der Waals surface area contributed by atoms with E-state index >= 15 is 0 Å². The number of alkyl halides is 2. The van der Waals surface area contributed by atoms with Gasteiger partial charge in [0.1, 0.15) is 18.1 Å². The molecule has 0 aliphatic carbocycles. The Kier molecular flexibility index (Phi) is 10.7. The van der Waals surface area contributed by atoms with E-state index in [1.807, 2.05) is 37.3 Å². The number of aromatic nitrogens is 1. The molecule has 4 unspecified atom stereocenters. The number of carbonyl (C=O) groups is 4. The zero-order chi connectivity index (χ0) is 32.0. The average Bonchev–Trinajstić information content (AvgIpc) is 2.99. The van der Waals surface area contributed by atoms with Gasteiger partial charge < -0.3 is 16.0 Å². The molecule has 0 spiro atoms. The Hall–Kier alpha value is -3.93. The van der Waals surface area contributed by atoms with Gasteiger partial charge in [-0.2, -0.15) is 0 Å². The van der Waals surface area contributed by atoms with Crippen molar-refractivity contribution in [2.24, 2.45) is 5.92 Å². The molecule has 2 aliphatic heterocycles. The van der Waals surface area contributed by atoms with Crippen LogP contribution in [0.1, 0.15) is 83.5 Å². The quantitative estimate of drug-likeness (QED) is 0.388. The number of hydrogen-bond acceptors (Lipinski definition) is 6. The van der Waals surface area contributed by atoms with Crippen molar-refractivity contribution in [2.75, 3.05) is 6.54 Å². The Morgan fingerprint density at radius 2 is 1.68 bits per heavy atom. The van der Waals surface area contributed by atoms with E-state index in [2.05, 4.69) is 21.4 Å². The molecule has 238 valence electrons. The smallest absolute Gasteiger partial charge is 0.258 e. The number of halogens is 2. The van der Waals surface area contributed by atoms with E-state index in [4.69, 9.17) is 4.98 Å². The molecule has 44 heavy (non-hydrogen) atoms. The zero-order valence-electron chi connectivity index (χ0n) is 25.7. The highest BCUT2D eigenvalue weighted by Gasteiger charge is 2.34. The normalized spacial score (nSPS) is 26.2. The fourth-order valence-electron chi connectivity index (χ4n) is 5.33. The van der Waals surface area contributed by atoms with E-state index in [0.29, 0.717) is 30.6 Å². The number of nitrogens with one attached hydrogen (secondary N) is 4. The minimum absolute atomic E-state index is 0.109. The summed E-state index contributed by atoms with van der Waals surface area (Å²) in [5, 5.41) is 10.4. The Bertz CT molecular complexity index is 1410. The molecule has 1 aromatic heterocycles. The summed E-state index contributed by atoms with van der Waals surface area (Å²) in [7, 11) is 0. The van der Waals surface area contributed by atoms with Gasteiger partial charge in [-0.15, -0.1) is 0 Å². The first-order chi connectivity index (χ1) is 20.8. The predicted molar refractivity (Wildman–Crippen MR) is 163 cm³/mol. The fourth-order valence-corrected chi connectivity index (χ4v) is 5.33. The van der Waals surface area contributed by atoms with Crippen molar-refractivity contribution in [3.05, 3.63) is 47.7 Å². The minimum atomic E-state index is -3.07. The maximum Gasteiger partial charge on any atom is 0.258 e. The van der Waals surface area contributed by atoms with Crippen molar-refractivity contribution in [1.29, 1.82) is 0 Å². The van der Waals surface area contributed by atoms with Crippen molar-refractivity contribution in [3.63, 3.8) is 0 Å². The summed E-state index contributed by atoms with van der Waals surface area (Å²) >= 11 is 0. The van der Waals surface area contributed by atoms with Gasteiger partial charge in [-0.25, -0.2) is 14.2 Å². The van der Waals surface area contributed by atoms with E-state index in [9.17, 15) is 28.0 Å². The summed E-state index contributed by atoms with van der Waals surface area (Å²) in [5.41, 5.74) is 5.15. The summed E-state index contributed by atoms with van der Waals surface area (Å²) in [6, 6.07) is 6.34. The van der Waals surface area contributed by atoms with Crippen LogP contribution in [0.25, 0.3) is 17.0 Å². The van der Waals surface area contributed by atoms with Gasteiger partial charge >= 0.3 is 0 Å². The van der Waals surface area contributed by atoms with Gasteiger partial charge in [0, 0.05) is 31.2 Å². The van der Waals surface area contributed by atoms with Gasteiger partial charge in [-0.05, 0) is 56.7 Å². The number of hydrogen-bond donors (Lipinski definition) is 4. The third-order valence-corrected chi connectivity index (χ3v) is 8.01. The molecule has 4 amide bonds. The van der Waals surface area contributed by atoms with Crippen LogP contribution in [-0.2, 0) is 19.2 Å². The second-order valence-electron chi connectivity index (χ2n) is 12.0. The number of amides is 4. The zero-order valence-corrected chi connectivity index (χ0v) is 25.7. The second kappa shape index (κ2) is 14.2. The third-order valence-electron chi connectivity index (χ3n) is 8.01. The van der Waals surface area contributed by atoms with Crippen LogP contribution in [0.2, 0.25) is 0 Å². The van der Waals surface area contributed by atoms with E-state index in [-0.39, 0.29) is 18.2 Å². The van der Waals surface area contributed by atoms with E-state index in [1.165, 1.54) is 11.9 Å². The summed E-state index contributed by atoms with van der Waals surface area (Å²) in [6.45, 7) is 7.13. The van der Waals surface area contributed by atoms with Gasteiger partial charge in [0.25, 0.3) is 5.91 Å². The molecule has 4 N–H and O–H groups in total. The number of carbonyl (C=O) groups excluding carboxylic acids is 4. The molecule has 1 saturated heterocycles. The number of allylic oxidation sites excluding steroid dienone is 1. The lowest BCUT2D eigenvalue weighted by Crippen LogP contribution is -2.62. The van der Waals surface area contributed by atoms with Crippen LogP contribution >= 0.6 is 0 Å². The molecule has 2 aromatic rings. The van der Waals surface area contributed by atoms with Crippen molar-refractivity contribution in [3.8, 4) is 0 Å². The summed E-state index contributed by atoms with van der Waals surface area (Å²) < 4.78 is 29.2. The van der Waals surface area contributed by atoms with Crippen LogP contribution in [0.5, 0.6) is 0 Å². The number of pyridine rings is 1. The Morgan fingerprint density at radius 1 is 0.955 bits per heavy atom. The first-order valence-electron chi connectivity index (χ1n) is 15.3. The summed E-state index contributed by atoms with van der Waals surface area (Å²) in [6.07, 6.45) is 3.12. The first kappa shape index (κ1) is 33.0. The van der Waals surface area contributed by atoms with Crippen LogP contribution in [0.4, 0.5) is 8.78 Å². The highest BCUT2D eigenvalue weighted by atomic mass is 19.3. The maximum absolute atomic E-state index is 14.6. The molecular formula is C32H42F2N6O4. The van der Waals surface area contributed by atoms with Crippen molar-refractivity contribution in [2.45, 2.75) is 96.3 Å². The largest absolute Gasteiger partial charge is 0.347 e. The number of rotatable bonds is 1. The molecular weight excluding hydrogens is 570 g/mol. The van der Waals surface area contributed by atoms with Gasteiger partial charge in [0.2, 0.25) is 23.6 Å². The molecule has 10 nitrogen and oxygen atoms in total. The molecule has 2 aliphatic rings. The summed E-state index contributed by atoms with van der Waals surface area (Å²) in [4.78, 5) is 56.8. The monoisotopic (exact) mass is 612 g/mol. The standard InChI is InChI=1S/C32H42F2N6O4/c1-19(2)28-30(43)36-21(4)31(44)40-17-7-9-25(39-40)29(42)35-20(3)24-13-12-23-11-10-22(18-26(23)37-24)8-5-6-15-32(33,34)16-14-27(41)38-28/h5,8,10-13,18-21,25,28,39H,6-7,9,14-17H2,1-4H3,(H,35,42)(H,36,43)(H,38,41). The molecule has 1 aromatic carbocycles. The SMILES string of the molecule is CC1NC(=O)C(C(C)C)NC(=O)CCC(F)(F)CCC=Cc2ccc3ccc(nc3c2)C(C)NC(=O)C2CCCN(N2)C1=O. The lowest BCUT2D eigenvalue weighted by atomic mass is 10.0. The van der Waals surface area contributed by atoms with Gasteiger partial charge in [0.05, 0.1) is 17.3 Å². The van der Waals surface area contributed by atoms with Crippen LogP contribution in [0.3, 0.4) is 0 Å². The van der Waals surface area contributed by atoms with E-state index in [0.717, 1.165) is 10.9 Å². The molecule has 3 heterocycles. The highest BCUT2D eigenvalue weighted by Crippen LogP contribution is 2.27. The predicted octanol–water partition coefficient (Wildman–Crippen LogP) is 3.78. The van der Waals surface area contributed by atoms with E-state index < -0.39 is 67.1 Å². The molecule has 0 saturated carbocycles. The van der Waals surface area contributed by atoms with Crippen LogP contribution in [-0.4, -0.2) is 64.2 Å². The fraction of sp³-hybridized carbons (Fsp3) is 0.531. The Balaban J connectivity index is 1.58. The number of nitrogens with zero attached hydrogens (tertiary/aromatic N) is 2. The average molecular weight is 613 g/mol. The minimum Gasteiger partial charge on any atom is -0.347 e. The molecule has 1 fully saturated rings. The molecule has 12 heteroatoms. The van der Waals surface area contributed by atoms with Gasteiger partial charge in [-0.1, -0.05) is 44.2 Å². The van der Waals surface area contributed by atoms with Gasteiger partial charge in [0.15, 0.2) is 0 Å². The molecule has 4 rings (SSSR count). The van der Waals surface area contributed by atoms with Gasteiger partial charge in [-0.3, -0.25) is 29.2 Å². The topological polar surface area (TPSA) is 133 Å². The number of fused-ring (bicyclic) bond motifs is 4. The van der Waals surface area contributed by atoms with Crippen LogP contribution in [0.15, 0.2) is 36.4 Å². The first-order valence-corrected chi connectivity index (χ1v) is 15.3. The lowest BCUT2D eigenvalue weighted by molar-refractivity contribution is -0.143. The Morgan fingerprint density at radius 3 is 2.43 bits per heavy atom. The third kappa shape index (κ3) is 8.58. The number of hydrazine groups is 1. The van der Waals surface area contributed by atoms with E-state index in [1.54, 1.807) is 26.0 Å². The van der Waals surface area contributed by atoms with Crippen LogP contribution in [0, 0.1) is 5.92 Å². The molecule has 4 atom stereocenters. The highest BCUT2D eigenvalue weighted by molar-refractivity contribution is 5.92. The lowest BCUT2D eigenvalue weighted by Gasteiger charge is -2.35. The Labute approximate surface area is 256 Å². The maximum atomic E-state index is 14.6. The van der Waals surface area contributed by atoms with Crippen LogP contribution < -0.4 is 21.4 Å². The molecule has 5 bridgehead atoms. The van der Waals surface area contributed by atoms with Crippen molar-refractivity contribution < 1.29 is 28.0 Å².